The lowest BCUT2D eigenvalue weighted by atomic mass is 10.1. The van der Waals surface area contributed by atoms with Crippen LogP contribution in [0.4, 0.5) is 0 Å². The van der Waals surface area contributed by atoms with Gasteiger partial charge in [0.05, 0.1) is 25.2 Å². The van der Waals surface area contributed by atoms with Gasteiger partial charge in [-0.05, 0) is 18.1 Å². The van der Waals surface area contributed by atoms with Crippen LogP contribution >= 0.6 is 24.0 Å². The number of para-hydroxylation sites is 1. The largest absolute Gasteiger partial charge is 0.379 e. The number of nitrogens with one attached hydrogen (secondary N) is 1. The van der Waals surface area contributed by atoms with E-state index in [0.717, 1.165) is 57.6 Å². The third kappa shape index (κ3) is 4.84. The fourth-order valence-electron chi connectivity index (χ4n) is 4.00. The number of likely N-dealkylation sites (tertiary alicyclic amines) is 1. The van der Waals surface area contributed by atoms with Crippen LogP contribution in [0.5, 0.6) is 0 Å². The van der Waals surface area contributed by atoms with E-state index >= 15 is 0 Å². The van der Waals surface area contributed by atoms with Crippen molar-refractivity contribution in [2.45, 2.75) is 19.0 Å². The molecule has 1 N–H and O–H groups in total. The molecule has 2 fully saturated rings. The summed E-state index contributed by atoms with van der Waals surface area (Å²) in [6.45, 7) is 6.61. The summed E-state index contributed by atoms with van der Waals surface area (Å²) in [4.78, 5) is 13.6. The molecule has 7 nitrogen and oxygen atoms in total. The van der Waals surface area contributed by atoms with E-state index in [9.17, 15) is 0 Å². The summed E-state index contributed by atoms with van der Waals surface area (Å²) in [5.41, 5.74) is 2.37. The number of morpholine rings is 1. The smallest absolute Gasteiger partial charge is 0.193 e. The number of rotatable bonds is 4. The van der Waals surface area contributed by atoms with Crippen LogP contribution in [0.2, 0.25) is 0 Å². The Morgan fingerprint density at radius 1 is 1.25 bits per heavy atom. The van der Waals surface area contributed by atoms with Crippen LogP contribution < -0.4 is 5.32 Å². The molecule has 1 unspecified atom stereocenters. The maximum atomic E-state index is 5.49. The second-order valence-corrected chi connectivity index (χ2v) is 7.04. The number of hydrogen-bond donors (Lipinski definition) is 1. The minimum Gasteiger partial charge on any atom is -0.379 e. The lowest BCUT2D eigenvalue weighted by Gasteiger charge is -2.32. The lowest BCUT2D eigenvalue weighted by Crippen LogP contribution is -2.46. The Morgan fingerprint density at radius 2 is 2.07 bits per heavy atom. The molecule has 2 aliphatic rings. The molecule has 0 aliphatic carbocycles. The van der Waals surface area contributed by atoms with Crippen molar-refractivity contribution in [1.82, 2.24) is 24.7 Å². The minimum absolute atomic E-state index is 0. The van der Waals surface area contributed by atoms with Crippen LogP contribution in [0.1, 0.15) is 12.0 Å². The second kappa shape index (κ2) is 10.2. The summed E-state index contributed by atoms with van der Waals surface area (Å²) in [6, 6.07) is 9.00. The van der Waals surface area contributed by atoms with Crippen LogP contribution in [-0.2, 0) is 11.3 Å². The van der Waals surface area contributed by atoms with Gasteiger partial charge < -0.3 is 19.5 Å². The maximum absolute atomic E-state index is 5.49. The predicted molar refractivity (Wildman–Crippen MR) is 122 cm³/mol. The molecule has 0 radical (unpaired) electrons. The Kier molecular flexibility index (Phi) is 7.69. The van der Waals surface area contributed by atoms with E-state index in [0.29, 0.717) is 6.04 Å². The van der Waals surface area contributed by atoms with Gasteiger partial charge in [-0.2, -0.15) is 0 Å². The van der Waals surface area contributed by atoms with Crippen LogP contribution in [0, 0.1) is 0 Å². The fraction of sp³-hybridized carbons (Fsp3) is 0.500. The molecule has 28 heavy (non-hydrogen) atoms. The molecule has 152 valence electrons. The molecule has 0 spiro atoms. The number of guanidine groups is 1. The number of nitrogens with zero attached hydrogens (tertiary/aromatic N) is 5. The number of halogens is 1. The highest BCUT2D eigenvalue weighted by atomic mass is 127. The van der Waals surface area contributed by atoms with Crippen LogP contribution in [0.3, 0.4) is 0 Å². The number of aliphatic imine (C=N–C) groups is 1. The first-order chi connectivity index (χ1) is 13.3. The zero-order chi connectivity index (χ0) is 18.5. The molecule has 1 atom stereocenters. The van der Waals surface area contributed by atoms with Crippen molar-refractivity contribution < 1.29 is 4.74 Å². The highest BCUT2D eigenvalue weighted by Gasteiger charge is 2.30. The SMILES string of the molecule is CN=C(NCc1ccccc1-n1ccnc1)N1CCC(N2CCOCC2)C1.I. The van der Waals surface area contributed by atoms with Crippen molar-refractivity contribution in [2.75, 3.05) is 46.4 Å². The molecule has 0 saturated carbocycles. The Bertz CT molecular complexity index is 760. The fourth-order valence-corrected chi connectivity index (χ4v) is 4.00. The summed E-state index contributed by atoms with van der Waals surface area (Å²) >= 11 is 0. The van der Waals surface area contributed by atoms with Gasteiger partial charge in [-0.3, -0.25) is 9.89 Å². The molecular formula is C20H29IN6O. The summed E-state index contributed by atoms with van der Waals surface area (Å²) in [6.07, 6.45) is 6.80. The Morgan fingerprint density at radius 3 is 2.82 bits per heavy atom. The molecule has 8 heteroatoms. The van der Waals surface area contributed by atoms with Gasteiger partial charge in [0.25, 0.3) is 0 Å². The minimum atomic E-state index is 0. The van der Waals surface area contributed by atoms with Gasteiger partial charge in [-0.1, -0.05) is 18.2 Å². The molecular weight excluding hydrogens is 467 g/mol. The summed E-state index contributed by atoms with van der Waals surface area (Å²) in [5, 5.41) is 3.55. The number of ether oxygens (including phenoxy) is 1. The van der Waals surface area contributed by atoms with Crippen LogP contribution in [0.25, 0.3) is 5.69 Å². The van der Waals surface area contributed by atoms with Gasteiger partial charge in [0.1, 0.15) is 0 Å². The predicted octanol–water partition coefficient (Wildman–Crippen LogP) is 1.97. The highest BCUT2D eigenvalue weighted by Crippen LogP contribution is 2.18. The Labute approximate surface area is 183 Å². The van der Waals surface area contributed by atoms with Gasteiger partial charge in [-0.25, -0.2) is 4.98 Å². The molecule has 3 heterocycles. The first-order valence-electron chi connectivity index (χ1n) is 9.69. The summed E-state index contributed by atoms with van der Waals surface area (Å²) < 4.78 is 7.53. The van der Waals surface area contributed by atoms with Crippen LogP contribution in [0.15, 0.2) is 48.0 Å². The third-order valence-corrected chi connectivity index (χ3v) is 5.45. The third-order valence-electron chi connectivity index (χ3n) is 5.45. The number of benzene rings is 1. The first-order valence-corrected chi connectivity index (χ1v) is 9.69. The van der Waals surface area contributed by atoms with E-state index < -0.39 is 0 Å². The molecule has 0 bridgehead atoms. The molecule has 1 aromatic heterocycles. The molecule has 2 aliphatic heterocycles. The van der Waals surface area contributed by atoms with Crippen molar-refractivity contribution in [2.24, 2.45) is 4.99 Å². The van der Waals surface area contributed by atoms with Gasteiger partial charge in [0.2, 0.25) is 0 Å². The van der Waals surface area contributed by atoms with Gasteiger partial charge in [0.15, 0.2) is 5.96 Å². The number of imidazole rings is 1. The van der Waals surface area contributed by atoms with E-state index in [1.54, 1.807) is 6.20 Å². The average Bonchev–Trinajstić information content (AvgIpc) is 3.42. The molecule has 1 aromatic carbocycles. The van der Waals surface area contributed by atoms with Crippen molar-refractivity contribution in [3.8, 4) is 5.69 Å². The van der Waals surface area contributed by atoms with Crippen molar-refractivity contribution >= 4 is 29.9 Å². The average molecular weight is 496 g/mol. The van der Waals surface area contributed by atoms with Gasteiger partial charge >= 0.3 is 0 Å². The Balaban J connectivity index is 0.00000225. The van der Waals surface area contributed by atoms with Crippen LogP contribution in [-0.4, -0.2) is 77.8 Å². The maximum Gasteiger partial charge on any atom is 0.193 e. The Hall–Kier alpha value is -1.65. The van der Waals surface area contributed by atoms with E-state index in [4.69, 9.17) is 4.74 Å². The molecule has 2 saturated heterocycles. The second-order valence-electron chi connectivity index (χ2n) is 7.04. The standard InChI is InChI=1S/C20H28N6O.HI/c1-21-20(25-8-6-18(15-25)24-10-12-27-13-11-24)23-14-17-4-2-3-5-19(17)26-9-7-22-16-26;/h2-5,7,9,16,18H,6,8,10-15H2,1H3,(H,21,23);1H. The zero-order valence-corrected chi connectivity index (χ0v) is 18.7. The molecule has 4 rings (SSSR count). The van der Waals surface area contributed by atoms with E-state index in [-0.39, 0.29) is 24.0 Å². The van der Waals surface area contributed by atoms with Crippen molar-refractivity contribution in [3.63, 3.8) is 0 Å². The van der Waals surface area contributed by atoms with Gasteiger partial charge in [-0.15, -0.1) is 24.0 Å². The normalized spacial score (nSPS) is 20.8. The monoisotopic (exact) mass is 496 g/mol. The number of aromatic nitrogens is 2. The van der Waals surface area contributed by atoms with E-state index in [2.05, 4.69) is 49.4 Å². The van der Waals surface area contributed by atoms with E-state index in [1.807, 2.05) is 24.1 Å². The molecule has 0 amide bonds. The van der Waals surface area contributed by atoms with Gasteiger partial charge in [0, 0.05) is 58.2 Å². The molecule has 2 aromatic rings. The summed E-state index contributed by atoms with van der Waals surface area (Å²) in [7, 11) is 1.87. The highest BCUT2D eigenvalue weighted by molar-refractivity contribution is 14.0. The number of hydrogen-bond acceptors (Lipinski definition) is 4. The first kappa shape index (κ1) is 21.1. The summed E-state index contributed by atoms with van der Waals surface area (Å²) in [5.74, 6) is 0.978. The van der Waals surface area contributed by atoms with Crippen molar-refractivity contribution in [1.29, 1.82) is 0 Å². The topological polar surface area (TPSA) is 57.9 Å². The lowest BCUT2D eigenvalue weighted by molar-refractivity contribution is 0.0195. The quantitative estimate of drug-likeness (QED) is 0.399. The van der Waals surface area contributed by atoms with E-state index in [1.165, 1.54) is 12.0 Å². The van der Waals surface area contributed by atoms with Crippen molar-refractivity contribution in [3.05, 3.63) is 48.5 Å². The zero-order valence-electron chi connectivity index (χ0n) is 16.3.